The van der Waals surface area contributed by atoms with Gasteiger partial charge >= 0.3 is 0 Å². The number of aryl methyl sites for hydroxylation is 2. The second kappa shape index (κ2) is 6.58. The lowest BCUT2D eigenvalue weighted by atomic mass is 10.1. The minimum absolute atomic E-state index is 0.0818. The summed E-state index contributed by atoms with van der Waals surface area (Å²) in [6.07, 6.45) is 3.80. The largest absolute Gasteiger partial charge is 0.307 e. The van der Waals surface area contributed by atoms with Crippen LogP contribution in [0, 0.1) is 0 Å². The molecule has 0 fully saturated rings. The Morgan fingerprint density at radius 1 is 1.47 bits per heavy atom. The molecule has 0 aliphatic heterocycles. The van der Waals surface area contributed by atoms with E-state index in [4.69, 9.17) is 0 Å². The normalized spacial score (nSPS) is 12.8. The summed E-state index contributed by atoms with van der Waals surface area (Å²) in [5.74, 6) is 0. The van der Waals surface area contributed by atoms with Gasteiger partial charge in [-0.3, -0.25) is 4.68 Å². The second-order valence-electron chi connectivity index (χ2n) is 4.26. The van der Waals surface area contributed by atoms with E-state index in [-0.39, 0.29) is 6.04 Å². The average Bonchev–Trinajstić information content (AvgIpc) is 3.01. The second-order valence-corrected chi connectivity index (χ2v) is 5.90. The van der Waals surface area contributed by atoms with Crippen LogP contribution in [0.3, 0.4) is 0 Å². The van der Waals surface area contributed by atoms with Gasteiger partial charge in [-0.05, 0) is 47.4 Å². The van der Waals surface area contributed by atoms with E-state index in [1.165, 1.54) is 16.4 Å². The fourth-order valence-corrected chi connectivity index (χ4v) is 3.50. The van der Waals surface area contributed by atoms with Crippen molar-refractivity contribution in [2.45, 2.75) is 39.3 Å². The molecule has 1 unspecified atom stereocenters. The maximum absolute atomic E-state index is 4.43. The molecule has 0 bridgehead atoms. The van der Waals surface area contributed by atoms with Gasteiger partial charge in [-0.15, -0.1) is 5.10 Å². The van der Waals surface area contributed by atoms with Crippen molar-refractivity contribution in [2.24, 2.45) is 0 Å². The van der Waals surface area contributed by atoms with Crippen molar-refractivity contribution in [3.8, 4) is 0 Å². The zero-order valence-corrected chi connectivity index (χ0v) is 13.8. The molecule has 2 aromatic heterocycles. The van der Waals surface area contributed by atoms with Gasteiger partial charge in [0.05, 0.1) is 33.0 Å². The molecule has 0 aliphatic carbocycles. The highest BCUT2D eigenvalue weighted by Crippen LogP contribution is 2.31. The Bertz CT molecular complexity index is 536. The van der Waals surface area contributed by atoms with Gasteiger partial charge < -0.3 is 5.32 Å². The van der Waals surface area contributed by atoms with Crippen LogP contribution >= 0.6 is 27.5 Å². The molecule has 0 aliphatic rings. The number of hydrogen-bond donors (Lipinski definition) is 1. The molecule has 2 aromatic rings. The van der Waals surface area contributed by atoms with Crippen molar-refractivity contribution in [3.63, 3.8) is 0 Å². The van der Waals surface area contributed by atoms with Crippen molar-refractivity contribution in [3.05, 3.63) is 26.9 Å². The van der Waals surface area contributed by atoms with Crippen LogP contribution < -0.4 is 5.32 Å². The average molecular weight is 344 g/mol. The molecule has 104 valence electrons. The molecule has 5 nitrogen and oxygen atoms in total. The molecule has 0 amide bonds. The summed E-state index contributed by atoms with van der Waals surface area (Å²) in [6.45, 7) is 5.16. The number of rotatable bonds is 6. The lowest BCUT2D eigenvalue weighted by molar-refractivity contribution is 0.534. The summed E-state index contributed by atoms with van der Waals surface area (Å²) in [6, 6.07) is 0.0818. The fourth-order valence-electron chi connectivity index (χ4n) is 2.12. The smallest absolute Gasteiger partial charge is 0.0886 e. The van der Waals surface area contributed by atoms with Crippen LogP contribution in [0.2, 0.25) is 0 Å². The SMILES string of the molecule is CCCn1ncc(Br)c1C(NC)c1snnc1CC. The summed E-state index contributed by atoms with van der Waals surface area (Å²) in [4.78, 5) is 1.17. The number of nitrogens with zero attached hydrogens (tertiary/aromatic N) is 4. The minimum Gasteiger partial charge on any atom is -0.307 e. The molecule has 2 rings (SSSR count). The number of nitrogens with one attached hydrogen (secondary N) is 1. The Morgan fingerprint density at radius 3 is 2.89 bits per heavy atom. The highest BCUT2D eigenvalue weighted by atomic mass is 79.9. The summed E-state index contributed by atoms with van der Waals surface area (Å²) >= 11 is 5.06. The highest BCUT2D eigenvalue weighted by molar-refractivity contribution is 9.10. The van der Waals surface area contributed by atoms with E-state index >= 15 is 0 Å². The van der Waals surface area contributed by atoms with Gasteiger partial charge in [0.2, 0.25) is 0 Å². The lowest BCUT2D eigenvalue weighted by Crippen LogP contribution is -2.22. The standard InChI is InChI=1S/C12H18BrN5S/c1-4-6-18-11(8(13)7-15-18)10(14-3)12-9(5-2)16-17-19-12/h7,10,14H,4-6H2,1-3H3. The van der Waals surface area contributed by atoms with Crippen LogP contribution in [0.25, 0.3) is 0 Å². The summed E-state index contributed by atoms with van der Waals surface area (Å²) in [5, 5.41) is 12.0. The van der Waals surface area contributed by atoms with Gasteiger partial charge in [-0.1, -0.05) is 18.3 Å². The maximum atomic E-state index is 4.43. The third-order valence-corrected chi connectivity index (χ3v) is 4.46. The molecular formula is C12H18BrN5S. The van der Waals surface area contributed by atoms with Gasteiger partial charge in [-0.2, -0.15) is 5.10 Å². The first-order valence-electron chi connectivity index (χ1n) is 6.42. The lowest BCUT2D eigenvalue weighted by Gasteiger charge is -2.17. The molecule has 0 spiro atoms. The molecule has 19 heavy (non-hydrogen) atoms. The van der Waals surface area contributed by atoms with E-state index in [1.807, 2.05) is 17.9 Å². The van der Waals surface area contributed by atoms with Crippen LogP contribution in [0.1, 0.15) is 42.6 Å². The van der Waals surface area contributed by atoms with Crippen LogP contribution in [0.15, 0.2) is 10.7 Å². The Balaban J connectivity index is 2.45. The van der Waals surface area contributed by atoms with Crippen LogP contribution in [0.5, 0.6) is 0 Å². The Hall–Kier alpha value is -0.790. The van der Waals surface area contributed by atoms with Crippen LogP contribution in [-0.2, 0) is 13.0 Å². The van der Waals surface area contributed by atoms with E-state index in [0.717, 1.165) is 35.2 Å². The molecule has 0 saturated heterocycles. The third-order valence-electron chi connectivity index (χ3n) is 3.01. The van der Waals surface area contributed by atoms with Gasteiger partial charge in [0, 0.05) is 6.54 Å². The van der Waals surface area contributed by atoms with Gasteiger partial charge in [0.15, 0.2) is 0 Å². The Kier molecular flexibility index (Phi) is 5.06. The molecular weight excluding hydrogens is 326 g/mol. The van der Waals surface area contributed by atoms with Crippen molar-refractivity contribution < 1.29 is 0 Å². The van der Waals surface area contributed by atoms with Gasteiger partial charge in [0.25, 0.3) is 0 Å². The van der Waals surface area contributed by atoms with Crippen molar-refractivity contribution in [1.29, 1.82) is 0 Å². The molecule has 0 saturated carbocycles. The van der Waals surface area contributed by atoms with Crippen molar-refractivity contribution in [2.75, 3.05) is 7.05 Å². The van der Waals surface area contributed by atoms with Crippen LogP contribution in [0.4, 0.5) is 0 Å². The fraction of sp³-hybridized carbons (Fsp3) is 0.583. The van der Waals surface area contributed by atoms with Crippen LogP contribution in [-0.4, -0.2) is 26.4 Å². The van der Waals surface area contributed by atoms with E-state index < -0.39 is 0 Å². The first kappa shape index (κ1) is 14.6. The number of hydrogen-bond acceptors (Lipinski definition) is 5. The zero-order chi connectivity index (χ0) is 13.8. The molecule has 0 radical (unpaired) electrons. The summed E-state index contributed by atoms with van der Waals surface area (Å²) < 4.78 is 7.15. The topological polar surface area (TPSA) is 55.6 Å². The predicted octanol–water partition coefficient (Wildman–Crippen LogP) is 2.78. The molecule has 1 N–H and O–H groups in total. The molecule has 1 atom stereocenters. The monoisotopic (exact) mass is 343 g/mol. The Labute approximate surface area is 125 Å². The van der Waals surface area contributed by atoms with Crippen molar-refractivity contribution in [1.82, 2.24) is 24.7 Å². The van der Waals surface area contributed by atoms with E-state index in [2.05, 4.69) is 49.8 Å². The molecule has 2 heterocycles. The van der Waals surface area contributed by atoms with E-state index in [1.54, 1.807) is 0 Å². The molecule has 7 heteroatoms. The van der Waals surface area contributed by atoms with Crippen molar-refractivity contribution >= 4 is 27.5 Å². The predicted molar refractivity (Wildman–Crippen MR) is 80.4 cm³/mol. The third kappa shape index (κ3) is 2.88. The summed E-state index contributed by atoms with van der Waals surface area (Å²) in [5.41, 5.74) is 2.20. The number of halogens is 1. The van der Waals surface area contributed by atoms with E-state index in [9.17, 15) is 0 Å². The number of aromatic nitrogens is 4. The van der Waals surface area contributed by atoms with E-state index in [0.29, 0.717) is 0 Å². The Morgan fingerprint density at radius 2 is 2.26 bits per heavy atom. The first-order valence-corrected chi connectivity index (χ1v) is 7.99. The van der Waals surface area contributed by atoms with Gasteiger partial charge in [-0.25, -0.2) is 0 Å². The zero-order valence-electron chi connectivity index (χ0n) is 11.4. The molecule has 0 aromatic carbocycles. The van der Waals surface area contributed by atoms with Gasteiger partial charge in [0.1, 0.15) is 0 Å². The first-order chi connectivity index (χ1) is 9.22. The quantitative estimate of drug-likeness (QED) is 0.876. The maximum Gasteiger partial charge on any atom is 0.0886 e. The summed E-state index contributed by atoms with van der Waals surface area (Å²) in [7, 11) is 1.96. The highest BCUT2D eigenvalue weighted by Gasteiger charge is 2.24. The minimum atomic E-state index is 0.0818.